The first kappa shape index (κ1) is 18.4. The Hall–Kier alpha value is -2.41. The summed E-state index contributed by atoms with van der Waals surface area (Å²) in [6.45, 7) is 5.50. The van der Waals surface area contributed by atoms with Crippen molar-refractivity contribution in [2.45, 2.75) is 20.0 Å². The van der Waals surface area contributed by atoms with E-state index in [0.29, 0.717) is 24.1 Å². The molecule has 0 spiro atoms. The molecule has 1 aliphatic rings. The molecule has 6 nitrogen and oxygen atoms in total. The standard InChI is InChI=1S/C19H24FN3O3/c1-3-23(11-14-8-9-22(2)10-14)19(24)17-12-26-18(21-17)13-25-16-6-4-15(20)5-7-16/h4-7,12,14H,3,8-11,13H2,1-2H3/t14-/m1/s1. The highest BCUT2D eigenvalue weighted by Crippen LogP contribution is 2.18. The Morgan fingerprint density at radius 1 is 1.42 bits per heavy atom. The number of likely N-dealkylation sites (tertiary alicyclic amines) is 1. The maximum atomic E-state index is 12.9. The van der Waals surface area contributed by atoms with Crippen LogP contribution in [-0.4, -0.2) is 53.9 Å². The average Bonchev–Trinajstić information content (AvgIpc) is 3.27. The van der Waals surface area contributed by atoms with Crippen LogP contribution in [0.2, 0.25) is 0 Å². The predicted molar refractivity (Wildman–Crippen MR) is 94.4 cm³/mol. The molecule has 26 heavy (non-hydrogen) atoms. The molecular weight excluding hydrogens is 337 g/mol. The molecule has 0 saturated carbocycles. The Bertz CT molecular complexity index is 732. The maximum absolute atomic E-state index is 12.9. The van der Waals surface area contributed by atoms with Crippen LogP contribution in [0.5, 0.6) is 5.75 Å². The zero-order chi connectivity index (χ0) is 18.5. The maximum Gasteiger partial charge on any atom is 0.275 e. The minimum atomic E-state index is -0.325. The molecule has 1 amide bonds. The Balaban J connectivity index is 1.56. The van der Waals surface area contributed by atoms with E-state index in [0.717, 1.165) is 26.1 Å². The number of carbonyl (C=O) groups excluding carboxylic acids is 1. The van der Waals surface area contributed by atoms with Crippen LogP contribution in [0.4, 0.5) is 4.39 Å². The third kappa shape index (κ3) is 4.60. The molecule has 0 N–H and O–H groups in total. The molecule has 1 fully saturated rings. The summed E-state index contributed by atoms with van der Waals surface area (Å²) in [5, 5.41) is 0. The molecule has 1 saturated heterocycles. The number of rotatable bonds is 7. The molecule has 2 aromatic rings. The lowest BCUT2D eigenvalue weighted by Gasteiger charge is -2.23. The molecule has 2 heterocycles. The minimum absolute atomic E-state index is 0.0818. The van der Waals surface area contributed by atoms with E-state index in [2.05, 4.69) is 16.9 Å². The summed E-state index contributed by atoms with van der Waals surface area (Å²) in [5.41, 5.74) is 0.288. The molecule has 1 aromatic carbocycles. The fourth-order valence-electron chi connectivity index (χ4n) is 3.16. The normalized spacial score (nSPS) is 17.4. The number of aromatic nitrogens is 1. The van der Waals surface area contributed by atoms with E-state index in [-0.39, 0.29) is 24.0 Å². The van der Waals surface area contributed by atoms with E-state index in [9.17, 15) is 9.18 Å². The number of hydrogen-bond donors (Lipinski definition) is 0. The van der Waals surface area contributed by atoms with Crippen LogP contribution in [0.1, 0.15) is 29.7 Å². The van der Waals surface area contributed by atoms with E-state index in [1.807, 2.05) is 11.8 Å². The highest BCUT2D eigenvalue weighted by molar-refractivity contribution is 5.92. The van der Waals surface area contributed by atoms with Crippen molar-refractivity contribution in [3.05, 3.63) is 47.9 Å². The molecule has 3 rings (SSSR count). The van der Waals surface area contributed by atoms with Crippen molar-refractivity contribution < 1.29 is 18.3 Å². The van der Waals surface area contributed by atoms with Crippen molar-refractivity contribution in [2.75, 3.05) is 33.2 Å². The van der Waals surface area contributed by atoms with Gasteiger partial charge in [-0.15, -0.1) is 0 Å². The van der Waals surface area contributed by atoms with Gasteiger partial charge >= 0.3 is 0 Å². The first-order chi connectivity index (χ1) is 12.5. The van der Waals surface area contributed by atoms with Gasteiger partial charge in [-0.1, -0.05) is 0 Å². The minimum Gasteiger partial charge on any atom is -0.484 e. The second-order valence-electron chi connectivity index (χ2n) is 6.63. The summed E-state index contributed by atoms with van der Waals surface area (Å²) in [6.07, 6.45) is 2.48. The van der Waals surface area contributed by atoms with Crippen molar-refractivity contribution >= 4 is 5.91 Å². The van der Waals surface area contributed by atoms with Crippen LogP contribution in [0.15, 0.2) is 34.9 Å². The molecule has 7 heteroatoms. The topological polar surface area (TPSA) is 58.8 Å². The quantitative estimate of drug-likeness (QED) is 0.759. The number of ether oxygens (including phenoxy) is 1. The van der Waals surface area contributed by atoms with Gasteiger partial charge in [0, 0.05) is 19.6 Å². The molecule has 0 aliphatic carbocycles. The second-order valence-corrected chi connectivity index (χ2v) is 6.63. The van der Waals surface area contributed by atoms with Crippen LogP contribution < -0.4 is 4.74 Å². The summed E-state index contributed by atoms with van der Waals surface area (Å²) >= 11 is 0. The van der Waals surface area contributed by atoms with Gasteiger partial charge in [0.15, 0.2) is 12.3 Å². The van der Waals surface area contributed by atoms with E-state index in [1.54, 1.807) is 0 Å². The van der Waals surface area contributed by atoms with Crippen LogP contribution in [-0.2, 0) is 6.61 Å². The van der Waals surface area contributed by atoms with Gasteiger partial charge in [0.1, 0.15) is 17.8 Å². The van der Waals surface area contributed by atoms with Gasteiger partial charge in [0.25, 0.3) is 5.91 Å². The van der Waals surface area contributed by atoms with Gasteiger partial charge in [-0.25, -0.2) is 9.37 Å². The molecule has 0 bridgehead atoms. The molecule has 0 radical (unpaired) electrons. The Kier molecular flexibility index (Phi) is 5.88. The Morgan fingerprint density at radius 2 is 2.19 bits per heavy atom. The lowest BCUT2D eigenvalue weighted by molar-refractivity contribution is 0.0733. The van der Waals surface area contributed by atoms with Crippen LogP contribution in [0.25, 0.3) is 0 Å². The number of halogens is 1. The predicted octanol–water partition coefficient (Wildman–Crippen LogP) is 2.81. The molecule has 1 aliphatic heterocycles. The molecule has 1 aromatic heterocycles. The number of oxazole rings is 1. The average molecular weight is 361 g/mol. The lowest BCUT2D eigenvalue weighted by Crippen LogP contribution is -2.36. The summed E-state index contributed by atoms with van der Waals surface area (Å²) in [5.74, 6) is 0.873. The van der Waals surface area contributed by atoms with Crippen molar-refractivity contribution in [1.29, 1.82) is 0 Å². The third-order valence-corrected chi connectivity index (χ3v) is 4.58. The summed E-state index contributed by atoms with van der Waals surface area (Å²) in [4.78, 5) is 21.0. The smallest absolute Gasteiger partial charge is 0.275 e. The SMILES string of the molecule is CCN(C[C@@H]1CCN(C)C1)C(=O)c1coc(COc2ccc(F)cc2)n1. The highest BCUT2D eigenvalue weighted by Gasteiger charge is 2.25. The number of carbonyl (C=O) groups is 1. The van der Waals surface area contributed by atoms with E-state index >= 15 is 0 Å². The van der Waals surface area contributed by atoms with E-state index in [4.69, 9.17) is 9.15 Å². The van der Waals surface area contributed by atoms with E-state index < -0.39 is 0 Å². The van der Waals surface area contributed by atoms with Crippen molar-refractivity contribution in [2.24, 2.45) is 5.92 Å². The van der Waals surface area contributed by atoms with Crippen LogP contribution in [0.3, 0.4) is 0 Å². The van der Waals surface area contributed by atoms with Gasteiger partial charge in [-0.2, -0.15) is 0 Å². The number of benzene rings is 1. The monoisotopic (exact) mass is 361 g/mol. The fraction of sp³-hybridized carbons (Fsp3) is 0.474. The van der Waals surface area contributed by atoms with Crippen molar-refractivity contribution in [3.63, 3.8) is 0 Å². The van der Waals surface area contributed by atoms with Gasteiger partial charge in [-0.3, -0.25) is 4.79 Å². The zero-order valence-corrected chi connectivity index (χ0v) is 15.2. The lowest BCUT2D eigenvalue weighted by atomic mass is 10.1. The summed E-state index contributed by atoms with van der Waals surface area (Å²) in [6, 6.07) is 5.70. The molecule has 1 atom stereocenters. The van der Waals surface area contributed by atoms with Crippen LogP contribution >= 0.6 is 0 Å². The molecule has 0 unspecified atom stereocenters. The largest absolute Gasteiger partial charge is 0.484 e. The second kappa shape index (κ2) is 8.31. The van der Waals surface area contributed by atoms with Gasteiger partial charge in [0.05, 0.1) is 0 Å². The summed E-state index contributed by atoms with van der Waals surface area (Å²) in [7, 11) is 2.10. The first-order valence-electron chi connectivity index (χ1n) is 8.85. The van der Waals surface area contributed by atoms with Gasteiger partial charge in [-0.05, 0) is 57.1 Å². The Labute approximate surface area is 152 Å². The van der Waals surface area contributed by atoms with Gasteiger partial charge in [0.2, 0.25) is 5.89 Å². The van der Waals surface area contributed by atoms with Crippen molar-refractivity contribution in [3.8, 4) is 5.75 Å². The summed E-state index contributed by atoms with van der Waals surface area (Å²) < 4.78 is 23.7. The Morgan fingerprint density at radius 3 is 2.85 bits per heavy atom. The zero-order valence-electron chi connectivity index (χ0n) is 15.2. The number of hydrogen-bond acceptors (Lipinski definition) is 5. The van der Waals surface area contributed by atoms with Crippen LogP contribution in [0, 0.1) is 11.7 Å². The van der Waals surface area contributed by atoms with E-state index in [1.165, 1.54) is 30.5 Å². The molecular formula is C19H24FN3O3. The first-order valence-corrected chi connectivity index (χ1v) is 8.85. The van der Waals surface area contributed by atoms with Gasteiger partial charge < -0.3 is 19.0 Å². The number of amides is 1. The fourth-order valence-corrected chi connectivity index (χ4v) is 3.16. The van der Waals surface area contributed by atoms with Crippen molar-refractivity contribution in [1.82, 2.24) is 14.8 Å². The third-order valence-electron chi connectivity index (χ3n) is 4.58. The number of nitrogens with zero attached hydrogens (tertiary/aromatic N) is 3. The highest BCUT2D eigenvalue weighted by atomic mass is 19.1. The molecule has 140 valence electrons.